The van der Waals surface area contributed by atoms with Gasteiger partial charge < -0.3 is 19.0 Å². The third-order valence-corrected chi connectivity index (χ3v) is 4.77. The number of piperazine rings is 1. The zero-order chi connectivity index (χ0) is 21.8. The van der Waals surface area contributed by atoms with Crippen LogP contribution in [0.4, 0.5) is 11.5 Å². The number of furan rings is 1. The standard InChI is InChI=1S/C21H17N5O5/c1-2-15-5-3-6-16(13-15)31-20-18(26(28)29)19(22-14-23-20)24-8-10-25(11-9-24)21(27)17-7-4-12-30-17/h1,3-7,12-14H,8-11H2. The molecule has 1 saturated heterocycles. The predicted octanol–water partition coefficient (Wildman–Crippen LogP) is 2.71. The van der Waals surface area contributed by atoms with Gasteiger partial charge in [-0.2, -0.15) is 4.98 Å². The lowest BCUT2D eigenvalue weighted by atomic mass is 10.2. The fourth-order valence-corrected chi connectivity index (χ4v) is 3.26. The molecule has 10 heteroatoms. The molecular formula is C21H17N5O5. The molecule has 31 heavy (non-hydrogen) atoms. The van der Waals surface area contributed by atoms with E-state index in [1.165, 1.54) is 12.6 Å². The van der Waals surface area contributed by atoms with Crippen molar-refractivity contribution in [1.82, 2.24) is 14.9 Å². The number of aromatic nitrogens is 2. The number of anilines is 1. The fourth-order valence-electron chi connectivity index (χ4n) is 3.26. The SMILES string of the molecule is C#Cc1cccc(Oc2ncnc(N3CCN(C(=O)c4ccco4)CC3)c2[N+](=O)[O-])c1. The van der Waals surface area contributed by atoms with Gasteiger partial charge in [0, 0.05) is 31.7 Å². The fraction of sp³-hybridized carbons (Fsp3) is 0.190. The molecular weight excluding hydrogens is 402 g/mol. The maximum absolute atomic E-state index is 12.4. The van der Waals surface area contributed by atoms with Crippen LogP contribution in [0.3, 0.4) is 0 Å². The van der Waals surface area contributed by atoms with E-state index in [0.717, 1.165) is 0 Å². The Balaban J connectivity index is 1.55. The van der Waals surface area contributed by atoms with E-state index in [1.807, 2.05) is 0 Å². The number of rotatable bonds is 5. The summed E-state index contributed by atoms with van der Waals surface area (Å²) in [5.41, 5.74) is 0.228. The number of benzene rings is 1. The van der Waals surface area contributed by atoms with Crippen LogP contribution in [0.5, 0.6) is 11.6 Å². The number of carbonyl (C=O) groups is 1. The van der Waals surface area contributed by atoms with Crippen LogP contribution >= 0.6 is 0 Å². The third kappa shape index (κ3) is 4.16. The van der Waals surface area contributed by atoms with E-state index >= 15 is 0 Å². The van der Waals surface area contributed by atoms with Crippen molar-refractivity contribution < 1.29 is 18.9 Å². The molecule has 156 valence electrons. The summed E-state index contributed by atoms with van der Waals surface area (Å²) in [6.45, 7) is 1.44. The molecule has 10 nitrogen and oxygen atoms in total. The first-order chi connectivity index (χ1) is 15.1. The lowest BCUT2D eigenvalue weighted by Gasteiger charge is -2.34. The average molecular weight is 419 g/mol. The first-order valence-electron chi connectivity index (χ1n) is 9.38. The molecule has 0 saturated carbocycles. The lowest BCUT2D eigenvalue weighted by Crippen LogP contribution is -2.49. The molecule has 0 unspecified atom stereocenters. The molecule has 3 aromatic rings. The van der Waals surface area contributed by atoms with Gasteiger partial charge in [-0.1, -0.05) is 12.0 Å². The smallest absolute Gasteiger partial charge is 0.373 e. The summed E-state index contributed by atoms with van der Waals surface area (Å²) in [5, 5.41) is 11.8. The summed E-state index contributed by atoms with van der Waals surface area (Å²) in [5.74, 6) is 2.80. The number of hydrogen-bond donors (Lipinski definition) is 0. The van der Waals surface area contributed by atoms with Crippen LogP contribution < -0.4 is 9.64 Å². The average Bonchev–Trinajstić information content (AvgIpc) is 3.33. The Morgan fingerprint density at radius 2 is 2.00 bits per heavy atom. The van der Waals surface area contributed by atoms with Crippen molar-refractivity contribution >= 4 is 17.4 Å². The Hall–Kier alpha value is -4.39. The van der Waals surface area contributed by atoms with Crippen molar-refractivity contribution in [2.45, 2.75) is 0 Å². The summed E-state index contributed by atoms with van der Waals surface area (Å²) in [7, 11) is 0. The lowest BCUT2D eigenvalue weighted by molar-refractivity contribution is -0.385. The largest absolute Gasteiger partial charge is 0.459 e. The van der Waals surface area contributed by atoms with Gasteiger partial charge in [0.05, 0.1) is 11.2 Å². The van der Waals surface area contributed by atoms with E-state index in [1.54, 1.807) is 46.2 Å². The molecule has 2 aromatic heterocycles. The summed E-state index contributed by atoms with van der Waals surface area (Å²) >= 11 is 0. The van der Waals surface area contributed by atoms with Gasteiger partial charge >= 0.3 is 11.6 Å². The van der Waals surface area contributed by atoms with Crippen LogP contribution in [0.1, 0.15) is 16.1 Å². The number of ether oxygens (including phenoxy) is 1. The zero-order valence-electron chi connectivity index (χ0n) is 16.3. The second-order valence-electron chi connectivity index (χ2n) is 6.64. The maximum Gasteiger partial charge on any atom is 0.373 e. The summed E-state index contributed by atoms with van der Waals surface area (Å²) in [6.07, 6.45) is 8.05. The van der Waals surface area contributed by atoms with Crippen LogP contribution in [0, 0.1) is 22.5 Å². The predicted molar refractivity (Wildman–Crippen MR) is 110 cm³/mol. The number of nitro groups is 1. The van der Waals surface area contributed by atoms with E-state index in [-0.39, 0.29) is 29.1 Å². The Morgan fingerprint density at radius 1 is 1.19 bits per heavy atom. The van der Waals surface area contributed by atoms with E-state index in [0.29, 0.717) is 37.5 Å². The highest BCUT2D eigenvalue weighted by Crippen LogP contribution is 2.36. The molecule has 0 radical (unpaired) electrons. The Bertz CT molecular complexity index is 1150. The quantitative estimate of drug-likeness (QED) is 0.352. The van der Waals surface area contributed by atoms with Crippen molar-refractivity contribution in [3.63, 3.8) is 0 Å². The van der Waals surface area contributed by atoms with Crippen LogP contribution in [0.15, 0.2) is 53.4 Å². The summed E-state index contributed by atoms with van der Waals surface area (Å²) in [4.78, 5) is 35.1. The highest BCUT2D eigenvalue weighted by molar-refractivity contribution is 5.91. The second-order valence-corrected chi connectivity index (χ2v) is 6.64. The van der Waals surface area contributed by atoms with Crippen molar-refractivity contribution in [3.05, 3.63) is 70.4 Å². The maximum atomic E-state index is 12.4. The Morgan fingerprint density at radius 3 is 2.68 bits per heavy atom. The molecule has 0 bridgehead atoms. The molecule has 1 amide bonds. The van der Waals surface area contributed by atoms with Gasteiger partial charge in [0.1, 0.15) is 12.1 Å². The van der Waals surface area contributed by atoms with Crippen LogP contribution in [-0.4, -0.2) is 51.9 Å². The number of hydrogen-bond acceptors (Lipinski definition) is 8. The first kappa shape index (κ1) is 19.9. The molecule has 4 rings (SSSR count). The van der Waals surface area contributed by atoms with Gasteiger partial charge in [0.25, 0.3) is 5.91 Å². The second kappa shape index (κ2) is 8.54. The number of terminal acetylenes is 1. The minimum atomic E-state index is -0.573. The van der Waals surface area contributed by atoms with Crippen molar-refractivity contribution in [3.8, 4) is 24.0 Å². The molecule has 1 aliphatic rings. The summed E-state index contributed by atoms with van der Waals surface area (Å²) < 4.78 is 10.8. The van der Waals surface area contributed by atoms with Gasteiger partial charge in [-0.25, -0.2) is 4.98 Å². The number of amides is 1. The zero-order valence-corrected chi connectivity index (χ0v) is 16.3. The van der Waals surface area contributed by atoms with Crippen molar-refractivity contribution in [2.24, 2.45) is 0 Å². The van der Waals surface area contributed by atoms with Crippen LogP contribution in [0.25, 0.3) is 0 Å². The van der Waals surface area contributed by atoms with Gasteiger partial charge in [-0.05, 0) is 30.3 Å². The molecule has 1 aliphatic heterocycles. The Kier molecular flexibility index (Phi) is 5.49. The van der Waals surface area contributed by atoms with Gasteiger partial charge in [0.2, 0.25) is 5.82 Å². The number of nitrogens with zero attached hydrogens (tertiary/aromatic N) is 5. The minimum absolute atomic E-state index is 0.133. The molecule has 0 spiro atoms. The highest BCUT2D eigenvalue weighted by Gasteiger charge is 2.32. The molecule has 0 N–H and O–H groups in total. The highest BCUT2D eigenvalue weighted by atomic mass is 16.6. The van der Waals surface area contributed by atoms with E-state index in [2.05, 4.69) is 15.9 Å². The third-order valence-electron chi connectivity index (χ3n) is 4.77. The molecule has 1 fully saturated rings. The first-order valence-corrected chi connectivity index (χ1v) is 9.38. The minimum Gasteiger partial charge on any atom is -0.459 e. The van der Waals surface area contributed by atoms with Gasteiger partial charge in [-0.15, -0.1) is 6.42 Å². The van der Waals surface area contributed by atoms with Gasteiger partial charge in [-0.3, -0.25) is 14.9 Å². The van der Waals surface area contributed by atoms with E-state index < -0.39 is 4.92 Å². The van der Waals surface area contributed by atoms with Crippen molar-refractivity contribution in [1.29, 1.82) is 0 Å². The molecule has 0 atom stereocenters. The number of carbonyl (C=O) groups excluding carboxylic acids is 1. The van der Waals surface area contributed by atoms with Crippen molar-refractivity contribution in [2.75, 3.05) is 31.1 Å². The van der Waals surface area contributed by atoms with E-state index in [4.69, 9.17) is 15.6 Å². The van der Waals surface area contributed by atoms with Gasteiger partial charge in [0.15, 0.2) is 5.76 Å². The molecule has 3 heterocycles. The summed E-state index contributed by atoms with van der Waals surface area (Å²) in [6, 6.07) is 9.87. The monoisotopic (exact) mass is 419 g/mol. The molecule has 0 aliphatic carbocycles. The van der Waals surface area contributed by atoms with Crippen LogP contribution in [-0.2, 0) is 0 Å². The topological polar surface area (TPSA) is 115 Å². The van der Waals surface area contributed by atoms with Crippen LogP contribution in [0.2, 0.25) is 0 Å². The Labute approximate surface area is 177 Å². The molecule has 1 aromatic carbocycles. The van der Waals surface area contributed by atoms with E-state index in [9.17, 15) is 14.9 Å². The normalized spacial score (nSPS) is 13.5.